The molecule has 1 amide bonds. The van der Waals surface area contributed by atoms with E-state index >= 15 is 0 Å². The maximum Gasteiger partial charge on any atom is 0.415 e. The Kier molecular flexibility index (Phi) is 6.28. The number of nitrogens with one attached hydrogen (secondary N) is 2. The minimum atomic E-state index is -0.434. The largest absolute Gasteiger partial charge is 0.443 e. The summed E-state index contributed by atoms with van der Waals surface area (Å²) in [5.74, 6) is 0.204. The molecule has 0 unspecified atom stereocenters. The minimum absolute atomic E-state index is 0.0991. The number of pyridine rings is 1. The van der Waals surface area contributed by atoms with Crippen LogP contribution < -0.4 is 16.2 Å². The lowest BCUT2D eigenvalue weighted by molar-refractivity contribution is 0.133. The standard InChI is InChI=1S/C21H24FN5O4/c22-17-3-1-14-2-4-19(29)26(9-10-28)20(14)16(17)5-6-23-11-15-13-27(21(30)31-15)18-12-24-7-8-25-18/h1-4,7,12,15,23,25,28H,5-6,8-11,13H2/t15-/m0/s1. The van der Waals surface area contributed by atoms with Crippen LogP contribution in [0.1, 0.15) is 5.56 Å². The maximum atomic E-state index is 14.6. The first kappa shape index (κ1) is 21.0. The van der Waals surface area contributed by atoms with Crippen molar-refractivity contribution in [1.29, 1.82) is 0 Å². The van der Waals surface area contributed by atoms with E-state index < -0.39 is 11.9 Å². The summed E-state index contributed by atoms with van der Waals surface area (Å²) in [7, 11) is 0. The SMILES string of the molecule is O=C1O[C@@H](CNCCc2c(F)ccc3ccc(=O)n(CCO)c23)CN1C1=CN=CCN1. The van der Waals surface area contributed by atoms with E-state index in [-0.39, 0.29) is 24.8 Å². The molecule has 0 spiro atoms. The molecule has 10 heteroatoms. The fourth-order valence-corrected chi connectivity index (χ4v) is 3.84. The quantitative estimate of drug-likeness (QED) is 0.530. The van der Waals surface area contributed by atoms with Crippen LogP contribution in [-0.4, -0.2) is 65.8 Å². The Bertz CT molecular complexity index is 1100. The van der Waals surface area contributed by atoms with Crippen molar-refractivity contribution in [2.45, 2.75) is 19.1 Å². The number of aliphatic hydroxyl groups excluding tert-OH is 1. The zero-order valence-corrected chi connectivity index (χ0v) is 16.9. The molecular weight excluding hydrogens is 405 g/mol. The summed E-state index contributed by atoms with van der Waals surface area (Å²) < 4.78 is 21.4. The van der Waals surface area contributed by atoms with Crippen LogP contribution in [0.3, 0.4) is 0 Å². The number of amides is 1. The third kappa shape index (κ3) is 4.44. The lowest BCUT2D eigenvalue weighted by Crippen LogP contribution is -2.36. The van der Waals surface area contributed by atoms with Gasteiger partial charge in [0.2, 0.25) is 0 Å². The van der Waals surface area contributed by atoms with Crippen molar-refractivity contribution in [3.05, 3.63) is 58.0 Å². The monoisotopic (exact) mass is 429 g/mol. The highest BCUT2D eigenvalue weighted by molar-refractivity contribution is 5.82. The van der Waals surface area contributed by atoms with Crippen LogP contribution in [-0.2, 0) is 17.7 Å². The Balaban J connectivity index is 1.40. The number of nitrogens with zero attached hydrogens (tertiary/aromatic N) is 3. The average molecular weight is 429 g/mol. The van der Waals surface area contributed by atoms with Gasteiger partial charge in [0, 0.05) is 30.9 Å². The highest BCUT2D eigenvalue weighted by Crippen LogP contribution is 2.21. The van der Waals surface area contributed by atoms with Gasteiger partial charge in [0.05, 0.1) is 31.4 Å². The lowest BCUT2D eigenvalue weighted by Gasteiger charge is -2.19. The van der Waals surface area contributed by atoms with Crippen molar-refractivity contribution in [2.24, 2.45) is 4.99 Å². The van der Waals surface area contributed by atoms with E-state index in [2.05, 4.69) is 15.6 Å². The predicted molar refractivity (Wildman–Crippen MR) is 113 cm³/mol. The minimum Gasteiger partial charge on any atom is -0.443 e. The third-order valence-corrected chi connectivity index (χ3v) is 5.29. The highest BCUT2D eigenvalue weighted by Gasteiger charge is 2.33. The first-order valence-electron chi connectivity index (χ1n) is 10.1. The summed E-state index contributed by atoms with van der Waals surface area (Å²) >= 11 is 0. The Morgan fingerprint density at radius 3 is 2.90 bits per heavy atom. The van der Waals surface area contributed by atoms with Gasteiger partial charge >= 0.3 is 6.09 Å². The molecule has 0 radical (unpaired) electrons. The molecule has 3 heterocycles. The summed E-state index contributed by atoms with van der Waals surface area (Å²) in [4.78, 5) is 29.9. The summed E-state index contributed by atoms with van der Waals surface area (Å²) in [6.45, 7) is 1.66. The average Bonchev–Trinajstić information content (AvgIpc) is 3.15. The first-order chi connectivity index (χ1) is 15.1. The van der Waals surface area contributed by atoms with Gasteiger partial charge in [-0.05, 0) is 36.6 Å². The molecule has 2 aliphatic heterocycles. The van der Waals surface area contributed by atoms with Crippen LogP contribution in [0, 0.1) is 5.82 Å². The highest BCUT2D eigenvalue weighted by atomic mass is 19.1. The molecule has 1 aromatic heterocycles. The maximum absolute atomic E-state index is 14.6. The molecular formula is C21H24FN5O4. The van der Waals surface area contributed by atoms with Crippen molar-refractivity contribution in [2.75, 3.05) is 32.8 Å². The molecule has 1 saturated heterocycles. The van der Waals surface area contributed by atoms with Crippen LogP contribution in [0.4, 0.5) is 9.18 Å². The summed E-state index contributed by atoms with van der Waals surface area (Å²) in [6.07, 6.45) is 2.84. The Morgan fingerprint density at radius 2 is 2.13 bits per heavy atom. The number of hydrogen-bond donors (Lipinski definition) is 3. The number of hydrogen-bond acceptors (Lipinski definition) is 7. The molecule has 2 aliphatic rings. The Morgan fingerprint density at radius 1 is 1.29 bits per heavy atom. The van der Waals surface area contributed by atoms with E-state index in [1.807, 2.05) is 0 Å². The lowest BCUT2D eigenvalue weighted by atomic mass is 10.1. The van der Waals surface area contributed by atoms with E-state index in [1.54, 1.807) is 24.5 Å². The fraction of sp³-hybridized carbons (Fsp3) is 0.381. The number of benzene rings is 1. The number of cyclic esters (lactones) is 1. The van der Waals surface area contributed by atoms with Gasteiger partial charge in [-0.25, -0.2) is 9.18 Å². The van der Waals surface area contributed by atoms with Crippen molar-refractivity contribution in [3.8, 4) is 0 Å². The van der Waals surface area contributed by atoms with Crippen LogP contribution in [0.5, 0.6) is 0 Å². The number of aliphatic imine (C=N–C) groups is 1. The molecule has 31 heavy (non-hydrogen) atoms. The normalized spacial score (nSPS) is 18.3. The fourth-order valence-electron chi connectivity index (χ4n) is 3.84. The van der Waals surface area contributed by atoms with E-state index in [0.717, 1.165) is 5.39 Å². The molecule has 1 aromatic carbocycles. The second-order valence-electron chi connectivity index (χ2n) is 7.31. The van der Waals surface area contributed by atoms with Crippen molar-refractivity contribution >= 4 is 23.2 Å². The van der Waals surface area contributed by atoms with E-state index in [9.17, 15) is 19.1 Å². The zero-order chi connectivity index (χ0) is 21.8. The van der Waals surface area contributed by atoms with Crippen LogP contribution in [0.15, 0.2) is 46.1 Å². The summed E-state index contributed by atoms with van der Waals surface area (Å²) in [5, 5.41) is 16.3. The van der Waals surface area contributed by atoms with Gasteiger partial charge < -0.3 is 25.0 Å². The van der Waals surface area contributed by atoms with E-state index in [1.165, 1.54) is 21.6 Å². The van der Waals surface area contributed by atoms with Crippen molar-refractivity contribution in [1.82, 2.24) is 20.1 Å². The predicted octanol–water partition coefficient (Wildman–Crippen LogP) is 0.559. The van der Waals surface area contributed by atoms with Gasteiger partial charge in [-0.15, -0.1) is 0 Å². The zero-order valence-electron chi connectivity index (χ0n) is 16.9. The molecule has 3 N–H and O–H groups in total. The Hall–Kier alpha value is -3.24. The summed E-state index contributed by atoms with van der Waals surface area (Å²) in [5.41, 5.74) is 0.627. The van der Waals surface area contributed by atoms with Gasteiger partial charge in [0.15, 0.2) is 0 Å². The van der Waals surface area contributed by atoms with Crippen LogP contribution in [0.25, 0.3) is 10.9 Å². The molecule has 4 rings (SSSR count). The van der Waals surface area contributed by atoms with Gasteiger partial charge in [-0.2, -0.15) is 0 Å². The number of rotatable bonds is 8. The van der Waals surface area contributed by atoms with Crippen LogP contribution >= 0.6 is 0 Å². The Labute approximate surface area is 177 Å². The molecule has 9 nitrogen and oxygen atoms in total. The number of aromatic nitrogens is 1. The van der Waals surface area contributed by atoms with Crippen molar-refractivity contribution in [3.63, 3.8) is 0 Å². The van der Waals surface area contributed by atoms with Gasteiger partial charge in [0.1, 0.15) is 17.7 Å². The molecule has 0 saturated carbocycles. The smallest absolute Gasteiger partial charge is 0.415 e. The number of aliphatic hydroxyl groups is 1. The molecule has 2 aromatic rings. The van der Waals surface area contributed by atoms with E-state index in [0.29, 0.717) is 49.5 Å². The number of fused-ring (bicyclic) bond motifs is 1. The second-order valence-corrected chi connectivity index (χ2v) is 7.31. The van der Waals surface area contributed by atoms with Crippen molar-refractivity contribution < 1.29 is 19.0 Å². The number of carbonyl (C=O) groups excluding carboxylic acids is 1. The van der Waals surface area contributed by atoms with Gasteiger partial charge in [-0.3, -0.25) is 14.7 Å². The molecule has 164 valence electrons. The molecule has 1 atom stereocenters. The number of carbonyl (C=O) groups is 1. The third-order valence-electron chi connectivity index (χ3n) is 5.29. The molecule has 0 bridgehead atoms. The second kappa shape index (κ2) is 9.27. The molecule has 0 aliphatic carbocycles. The summed E-state index contributed by atoms with van der Waals surface area (Å²) in [6, 6.07) is 6.08. The number of ether oxygens (including phenoxy) is 1. The topological polar surface area (TPSA) is 108 Å². The first-order valence-corrected chi connectivity index (χ1v) is 10.1. The van der Waals surface area contributed by atoms with E-state index in [4.69, 9.17) is 4.74 Å². The van der Waals surface area contributed by atoms with Crippen LogP contribution in [0.2, 0.25) is 0 Å². The molecule has 1 fully saturated rings. The number of halogens is 1. The van der Waals surface area contributed by atoms with Gasteiger partial charge in [0.25, 0.3) is 5.56 Å². The van der Waals surface area contributed by atoms with Gasteiger partial charge in [-0.1, -0.05) is 0 Å².